The molecule has 1 aliphatic rings. The van der Waals surface area contributed by atoms with E-state index in [1.54, 1.807) is 18.5 Å². The van der Waals surface area contributed by atoms with Crippen LogP contribution >= 0.6 is 0 Å². The Morgan fingerprint density at radius 1 is 0.880 bits per heavy atom. The van der Waals surface area contributed by atoms with Crippen LogP contribution in [0.1, 0.15) is 10.4 Å². The normalized spacial score (nSPS) is 14.0. The van der Waals surface area contributed by atoms with E-state index >= 15 is 0 Å². The van der Waals surface area contributed by atoms with Gasteiger partial charge in [-0.2, -0.15) is 0 Å². The van der Waals surface area contributed by atoms with Crippen molar-refractivity contribution in [3.8, 4) is 11.1 Å². The average Bonchev–Trinajstić information content (AvgIpc) is 2.65. The van der Waals surface area contributed by atoms with Gasteiger partial charge in [0.1, 0.15) is 0 Å². The van der Waals surface area contributed by atoms with Crippen molar-refractivity contribution >= 4 is 11.9 Å². The molecule has 0 aliphatic carbocycles. The number of carbonyl (C=O) groups is 1. The molecule has 3 aromatic rings. The second-order valence-corrected chi connectivity index (χ2v) is 6.07. The topological polar surface area (TPSA) is 58.1 Å². The van der Waals surface area contributed by atoms with E-state index < -0.39 is 0 Å². The van der Waals surface area contributed by atoms with Crippen LogP contribution in [0.2, 0.25) is 0 Å². The largest absolute Gasteiger partial charge is 0.348 e. The monoisotopic (exact) mass is 330 g/mol. The molecule has 0 bridgehead atoms. The molecule has 5 nitrogen and oxygen atoms in total. The van der Waals surface area contributed by atoms with Gasteiger partial charge in [0, 0.05) is 31.0 Å². The van der Waals surface area contributed by atoms with Gasteiger partial charge in [-0.1, -0.05) is 42.5 Å². The van der Waals surface area contributed by atoms with Crippen molar-refractivity contribution in [2.24, 2.45) is 0 Å². The highest BCUT2D eigenvalue weighted by Gasteiger charge is 2.31. The number of nitrogens with zero attached hydrogens (tertiary/aromatic N) is 3. The molecule has 1 aliphatic heterocycles. The first-order valence-electron chi connectivity index (χ1n) is 8.28. The maximum Gasteiger partial charge on any atom is 0.253 e. The minimum absolute atomic E-state index is 0.0617. The Morgan fingerprint density at radius 2 is 1.52 bits per heavy atom. The Morgan fingerprint density at radius 3 is 2.20 bits per heavy atom. The molecule has 0 saturated carbocycles. The molecule has 0 radical (unpaired) electrons. The van der Waals surface area contributed by atoms with Gasteiger partial charge in [0.05, 0.1) is 6.04 Å². The predicted molar refractivity (Wildman–Crippen MR) is 97.2 cm³/mol. The Balaban J connectivity index is 1.36. The zero-order chi connectivity index (χ0) is 17.1. The van der Waals surface area contributed by atoms with E-state index in [1.807, 2.05) is 47.4 Å². The van der Waals surface area contributed by atoms with E-state index in [0.29, 0.717) is 24.6 Å². The van der Waals surface area contributed by atoms with Gasteiger partial charge in [-0.3, -0.25) is 4.79 Å². The van der Waals surface area contributed by atoms with Gasteiger partial charge in [-0.05, 0) is 29.3 Å². The standard InChI is InChI=1S/C20H18N4O/c25-19(24-13-18(14-24)23-20-21-11-4-12-22-20)17-9-7-16(8-10-17)15-5-2-1-3-6-15/h1-12,18H,13-14H2,(H,21,22,23). The quantitative estimate of drug-likeness (QED) is 0.799. The molecule has 1 N–H and O–H groups in total. The molecule has 5 heteroatoms. The van der Waals surface area contributed by atoms with Crippen molar-refractivity contribution in [3.05, 3.63) is 78.6 Å². The molecule has 0 unspecified atom stereocenters. The van der Waals surface area contributed by atoms with Crippen molar-refractivity contribution in [3.63, 3.8) is 0 Å². The van der Waals surface area contributed by atoms with Crippen LogP contribution in [0.4, 0.5) is 5.95 Å². The Hall–Kier alpha value is -3.21. The number of hydrogen-bond donors (Lipinski definition) is 1. The smallest absolute Gasteiger partial charge is 0.253 e. The summed E-state index contributed by atoms with van der Waals surface area (Å²) in [4.78, 5) is 22.7. The third-order valence-corrected chi connectivity index (χ3v) is 4.31. The third kappa shape index (κ3) is 3.35. The summed E-state index contributed by atoms with van der Waals surface area (Å²) in [6.45, 7) is 1.33. The first-order valence-corrected chi connectivity index (χ1v) is 8.28. The Kier molecular flexibility index (Phi) is 4.12. The number of amides is 1. The maximum absolute atomic E-state index is 12.5. The second-order valence-electron chi connectivity index (χ2n) is 6.07. The number of aromatic nitrogens is 2. The molecule has 1 aromatic heterocycles. The van der Waals surface area contributed by atoms with E-state index in [9.17, 15) is 4.79 Å². The van der Waals surface area contributed by atoms with Crippen LogP contribution in [0.5, 0.6) is 0 Å². The highest BCUT2D eigenvalue weighted by Crippen LogP contribution is 2.21. The summed E-state index contributed by atoms with van der Waals surface area (Å²) in [5.41, 5.74) is 2.98. The summed E-state index contributed by atoms with van der Waals surface area (Å²) in [6.07, 6.45) is 3.40. The fourth-order valence-electron chi connectivity index (χ4n) is 2.91. The molecule has 0 atom stereocenters. The molecule has 0 spiro atoms. The minimum Gasteiger partial charge on any atom is -0.348 e. The molecular weight excluding hydrogens is 312 g/mol. The zero-order valence-electron chi connectivity index (χ0n) is 13.7. The lowest BCUT2D eigenvalue weighted by Gasteiger charge is -2.39. The summed E-state index contributed by atoms with van der Waals surface area (Å²) in [5.74, 6) is 0.665. The Bertz CT molecular complexity index is 844. The van der Waals surface area contributed by atoms with Gasteiger partial charge >= 0.3 is 0 Å². The van der Waals surface area contributed by atoms with E-state index in [-0.39, 0.29) is 11.9 Å². The molecular formula is C20H18N4O. The van der Waals surface area contributed by atoms with Crippen LogP contribution in [-0.4, -0.2) is 39.9 Å². The van der Waals surface area contributed by atoms with Gasteiger partial charge < -0.3 is 10.2 Å². The van der Waals surface area contributed by atoms with Crippen LogP contribution < -0.4 is 5.32 Å². The van der Waals surface area contributed by atoms with Crippen LogP contribution in [0, 0.1) is 0 Å². The highest BCUT2D eigenvalue weighted by atomic mass is 16.2. The molecule has 124 valence electrons. The third-order valence-electron chi connectivity index (χ3n) is 4.31. The number of hydrogen-bond acceptors (Lipinski definition) is 4. The van der Waals surface area contributed by atoms with Crippen molar-refractivity contribution in [1.82, 2.24) is 14.9 Å². The molecule has 4 rings (SSSR count). The van der Waals surface area contributed by atoms with E-state index in [1.165, 1.54) is 0 Å². The van der Waals surface area contributed by atoms with Gasteiger partial charge in [-0.25, -0.2) is 9.97 Å². The number of anilines is 1. The number of benzene rings is 2. The lowest BCUT2D eigenvalue weighted by molar-refractivity contribution is 0.0624. The number of carbonyl (C=O) groups excluding carboxylic acids is 1. The van der Waals surface area contributed by atoms with Gasteiger partial charge in [0.25, 0.3) is 5.91 Å². The van der Waals surface area contributed by atoms with Crippen molar-refractivity contribution in [1.29, 1.82) is 0 Å². The molecule has 2 aromatic carbocycles. The molecule has 25 heavy (non-hydrogen) atoms. The fraction of sp³-hybridized carbons (Fsp3) is 0.150. The average molecular weight is 330 g/mol. The summed E-state index contributed by atoms with van der Waals surface area (Å²) in [7, 11) is 0. The van der Waals surface area contributed by atoms with Crippen molar-refractivity contribution < 1.29 is 4.79 Å². The SMILES string of the molecule is O=C(c1ccc(-c2ccccc2)cc1)N1CC(Nc2ncccn2)C1. The fourth-order valence-corrected chi connectivity index (χ4v) is 2.91. The molecule has 2 heterocycles. The first kappa shape index (κ1) is 15.3. The lowest BCUT2D eigenvalue weighted by Crippen LogP contribution is -2.57. The second kappa shape index (κ2) is 6.73. The molecule has 1 amide bonds. The summed E-state index contributed by atoms with van der Waals surface area (Å²) < 4.78 is 0. The van der Waals surface area contributed by atoms with Gasteiger partial charge in [-0.15, -0.1) is 0 Å². The van der Waals surface area contributed by atoms with E-state index in [2.05, 4.69) is 27.4 Å². The summed E-state index contributed by atoms with van der Waals surface area (Å²) >= 11 is 0. The lowest BCUT2D eigenvalue weighted by atomic mass is 10.0. The van der Waals surface area contributed by atoms with E-state index in [4.69, 9.17) is 0 Å². The van der Waals surface area contributed by atoms with Crippen LogP contribution in [0.15, 0.2) is 73.1 Å². The van der Waals surface area contributed by atoms with E-state index in [0.717, 1.165) is 11.1 Å². The number of rotatable bonds is 4. The van der Waals surface area contributed by atoms with Crippen LogP contribution in [0.3, 0.4) is 0 Å². The van der Waals surface area contributed by atoms with Gasteiger partial charge in [0.15, 0.2) is 0 Å². The van der Waals surface area contributed by atoms with Gasteiger partial charge in [0.2, 0.25) is 5.95 Å². The van der Waals surface area contributed by atoms with Crippen molar-refractivity contribution in [2.45, 2.75) is 6.04 Å². The number of nitrogens with one attached hydrogen (secondary N) is 1. The minimum atomic E-state index is 0.0617. The molecule has 1 fully saturated rings. The predicted octanol–water partition coefficient (Wildman–Crippen LogP) is 3.08. The molecule has 1 saturated heterocycles. The maximum atomic E-state index is 12.5. The van der Waals surface area contributed by atoms with Crippen LogP contribution in [-0.2, 0) is 0 Å². The zero-order valence-corrected chi connectivity index (χ0v) is 13.7. The number of likely N-dealkylation sites (tertiary alicyclic amines) is 1. The van der Waals surface area contributed by atoms with Crippen molar-refractivity contribution in [2.75, 3.05) is 18.4 Å². The first-order chi connectivity index (χ1) is 12.3. The highest BCUT2D eigenvalue weighted by molar-refractivity contribution is 5.95. The summed E-state index contributed by atoms with van der Waals surface area (Å²) in [5, 5.41) is 3.23. The van der Waals surface area contributed by atoms with Crippen LogP contribution in [0.25, 0.3) is 11.1 Å². The summed E-state index contributed by atoms with van der Waals surface area (Å²) in [6, 6.07) is 19.9. The Labute approximate surface area is 146 Å².